The number of likely N-dealkylation sites (N-methyl/N-ethyl adjacent to an activating group) is 1. The Balaban J connectivity index is 1.61. The van der Waals surface area contributed by atoms with Gasteiger partial charge >= 0.3 is 0 Å². The van der Waals surface area contributed by atoms with Gasteiger partial charge in [-0.15, -0.1) is 0 Å². The molecule has 1 unspecified atom stereocenters. The maximum Gasteiger partial charge on any atom is 0.294 e. The first-order chi connectivity index (χ1) is 20.6. The van der Waals surface area contributed by atoms with Crippen LogP contribution >= 0.6 is 0 Å². The van der Waals surface area contributed by atoms with Crippen molar-refractivity contribution in [1.29, 1.82) is 0 Å². The molecular weight excluding hydrogens is 549 g/mol. The lowest BCUT2D eigenvalue weighted by atomic mass is 10.1. The van der Waals surface area contributed by atoms with Crippen LogP contribution in [0.5, 0.6) is 0 Å². The molecule has 10 nitrogen and oxygen atoms in total. The monoisotopic (exact) mass is 581 g/mol. The maximum absolute atomic E-state index is 13.9. The molecule has 0 saturated heterocycles. The Bertz CT molecular complexity index is 1910. The molecule has 0 aliphatic rings. The van der Waals surface area contributed by atoms with E-state index in [4.69, 9.17) is 0 Å². The number of aryl methyl sites for hydroxylation is 1. The maximum atomic E-state index is 13.9. The summed E-state index contributed by atoms with van der Waals surface area (Å²) >= 11 is 0. The first kappa shape index (κ1) is 29.3. The third-order valence-corrected chi connectivity index (χ3v) is 7.30. The number of nitrogens with one attached hydrogen (secondary N) is 2. The Morgan fingerprint density at radius 1 is 1.07 bits per heavy atom. The molecule has 0 radical (unpaired) electrons. The Hall–Kier alpha value is -5.16. The lowest BCUT2D eigenvalue weighted by Gasteiger charge is -2.17. The number of halogens is 1. The standard InChI is InChI=1S/C32H32FN7O3/c1-19-17-39(27-10-9-24(33)13-26(19)27)25-11-21(14-35-15-25)18-40-28(22-7-6-8-23(12-22)31(42)38(4)5)16-36-29(32(40)43)37-30(41)20(2)34-3/h6-17,20,34H,18H2,1-5H3,(H,36,37,41). The van der Waals surface area contributed by atoms with Gasteiger partial charge in [-0.1, -0.05) is 12.1 Å². The second-order valence-corrected chi connectivity index (χ2v) is 10.6. The van der Waals surface area contributed by atoms with E-state index in [1.807, 2.05) is 23.8 Å². The Labute approximate surface area is 247 Å². The summed E-state index contributed by atoms with van der Waals surface area (Å²) in [6.45, 7) is 3.69. The molecule has 3 aromatic heterocycles. The molecule has 2 N–H and O–H groups in total. The third kappa shape index (κ3) is 5.93. The Morgan fingerprint density at radius 3 is 2.60 bits per heavy atom. The molecule has 5 aromatic rings. The van der Waals surface area contributed by atoms with Crippen LogP contribution in [-0.2, 0) is 11.3 Å². The Morgan fingerprint density at radius 2 is 1.86 bits per heavy atom. The van der Waals surface area contributed by atoms with Gasteiger partial charge in [-0.25, -0.2) is 9.37 Å². The lowest BCUT2D eigenvalue weighted by molar-refractivity contribution is -0.117. The van der Waals surface area contributed by atoms with E-state index < -0.39 is 17.5 Å². The van der Waals surface area contributed by atoms with Crippen LogP contribution in [0.15, 0.2) is 78.1 Å². The molecule has 0 bridgehead atoms. The van der Waals surface area contributed by atoms with Gasteiger partial charge < -0.3 is 20.1 Å². The number of anilines is 1. The van der Waals surface area contributed by atoms with Gasteiger partial charge in [0, 0.05) is 43.0 Å². The molecule has 220 valence electrons. The van der Waals surface area contributed by atoms with Gasteiger partial charge in [-0.05, 0) is 68.4 Å². The number of hydrogen-bond acceptors (Lipinski definition) is 6. The highest BCUT2D eigenvalue weighted by molar-refractivity contribution is 5.95. The molecule has 0 aliphatic carbocycles. The molecule has 0 aliphatic heterocycles. The van der Waals surface area contributed by atoms with Crippen LogP contribution in [0.4, 0.5) is 10.2 Å². The quantitative estimate of drug-likeness (QED) is 0.287. The number of rotatable bonds is 8. The summed E-state index contributed by atoms with van der Waals surface area (Å²) < 4.78 is 17.4. The van der Waals surface area contributed by atoms with Crippen molar-refractivity contribution < 1.29 is 14.0 Å². The van der Waals surface area contributed by atoms with Gasteiger partial charge in [-0.2, -0.15) is 0 Å². The molecule has 5 rings (SSSR count). The van der Waals surface area contributed by atoms with E-state index in [0.717, 1.165) is 22.2 Å². The normalized spacial score (nSPS) is 11.9. The van der Waals surface area contributed by atoms with Crippen molar-refractivity contribution in [3.8, 4) is 16.9 Å². The molecule has 11 heteroatoms. The minimum Gasteiger partial charge on any atom is -0.345 e. The molecule has 1 atom stereocenters. The van der Waals surface area contributed by atoms with Gasteiger partial charge in [0.25, 0.3) is 11.5 Å². The first-order valence-electron chi connectivity index (χ1n) is 13.7. The van der Waals surface area contributed by atoms with Crippen molar-refractivity contribution in [3.63, 3.8) is 0 Å². The average molecular weight is 582 g/mol. The molecule has 0 fully saturated rings. The van der Waals surface area contributed by atoms with E-state index in [1.54, 1.807) is 70.8 Å². The second-order valence-electron chi connectivity index (χ2n) is 10.6. The predicted octanol–water partition coefficient (Wildman–Crippen LogP) is 3.99. The summed E-state index contributed by atoms with van der Waals surface area (Å²) in [5, 5.41) is 6.26. The van der Waals surface area contributed by atoms with E-state index in [2.05, 4.69) is 20.6 Å². The third-order valence-electron chi connectivity index (χ3n) is 7.30. The van der Waals surface area contributed by atoms with Crippen molar-refractivity contribution in [2.45, 2.75) is 26.4 Å². The number of nitrogens with zero attached hydrogens (tertiary/aromatic N) is 5. The molecule has 0 saturated carbocycles. The van der Waals surface area contributed by atoms with Crippen LogP contribution in [0.2, 0.25) is 0 Å². The van der Waals surface area contributed by atoms with Gasteiger partial charge in [0.15, 0.2) is 5.82 Å². The fraction of sp³-hybridized carbons (Fsp3) is 0.219. The summed E-state index contributed by atoms with van der Waals surface area (Å²) in [6.07, 6.45) is 6.78. The van der Waals surface area contributed by atoms with E-state index in [1.165, 1.54) is 27.8 Å². The zero-order valence-electron chi connectivity index (χ0n) is 24.6. The fourth-order valence-electron chi connectivity index (χ4n) is 4.84. The van der Waals surface area contributed by atoms with Crippen LogP contribution in [0.1, 0.15) is 28.4 Å². The van der Waals surface area contributed by atoms with Crippen molar-refractivity contribution in [1.82, 2.24) is 29.3 Å². The predicted molar refractivity (Wildman–Crippen MR) is 164 cm³/mol. The van der Waals surface area contributed by atoms with Crippen molar-refractivity contribution in [3.05, 3.63) is 106 Å². The molecular formula is C32H32FN7O3. The highest BCUT2D eigenvalue weighted by Crippen LogP contribution is 2.26. The molecule has 3 heterocycles. The molecule has 2 amide bonds. The largest absolute Gasteiger partial charge is 0.345 e. The number of hydrogen-bond donors (Lipinski definition) is 2. The van der Waals surface area contributed by atoms with Crippen LogP contribution in [-0.4, -0.2) is 63.0 Å². The average Bonchev–Trinajstić information content (AvgIpc) is 3.33. The van der Waals surface area contributed by atoms with Crippen molar-refractivity contribution >= 4 is 28.5 Å². The summed E-state index contributed by atoms with van der Waals surface area (Å²) in [4.78, 5) is 49.3. The SMILES string of the molecule is CNC(C)C(=O)Nc1ncc(-c2cccc(C(=O)N(C)C)c2)n(Cc2cncc(-n3cc(C)c4cc(F)ccc43)c2)c1=O. The first-order valence-corrected chi connectivity index (χ1v) is 13.7. The zero-order valence-corrected chi connectivity index (χ0v) is 24.6. The van der Waals surface area contributed by atoms with E-state index in [0.29, 0.717) is 22.4 Å². The number of carbonyl (C=O) groups is 2. The smallest absolute Gasteiger partial charge is 0.294 e. The van der Waals surface area contributed by atoms with Crippen molar-refractivity contribution in [2.24, 2.45) is 0 Å². The highest BCUT2D eigenvalue weighted by Gasteiger charge is 2.19. The minimum absolute atomic E-state index is 0.0979. The summed E-state index contributed by atoms with van der Waals surface area (Å²) in [5.41, 5.74) is 4.19. The number of carbonyl (C=O) groups excluding carboxylic acids is 2. The Kier molecular flexibility index (Phi) is 8.18. The number of amides is 2. The number of aromatic nitrogens is 4. The van der Waals surface area contributed by atoms with E-state index in [-0.39, 0.29) is 24.1 Å². The van der Waals surface area contributed by atoms with Crippen LogP contribution in [0, 0.1) is 12.7 Å². The van der Waals surface area contributed by atoms with Gasteiger partial charge in [-0.3, -0.25) is 23.9 Å². The fourth-order valence-corrected chi connectivity index (χ4v) is 4.84. The lowest BCUT2D eigenvalue weighted by Crippen LogP contribution is -2.38. The van der Waals surface area contributed by atoms with E-state index >= 15 is 0 Å². The topological polar surface area (TPSA) is 114 Å². The molecule has 0 spiro atoms. The van der Waals surface area contributed by atoms with Crippen LogP contribution < -0.4 is 16.2 Å². The minimum atomic E-state index is -0.544. The summed E-state index contributed by atoms with van der Waals surface area (Å²) in [7, 11) is 4.98. The van der Waals surface area contributed by atoms with Crippen molar-refractivity contribution in [2.75, 3.05) is 26.5 Å². The van der Waals surface area contributed by atoms with Gasteiger partial charge in [0.05, 0.1) is 41.9 Å². The number of pyridine rings is 1. The molecule has 2 aromatic carbocycles. The number of fused-ring (bicyclic) bond motifs is 1. The number of benzene rings is 2. The summed E-state index contributed by atoms with van der Waals surface area (Å²) in [5.74, 6) is -1.01. The van der Waals surface area contributed by atoms with Crippen LogP contribution in [0.3, 0.4) is 0 Å². The zero-order chi connectivity index (χ0) is 30.8. The highest BCUT2D eigenvalue weighted by atomic mass is 19.1. The summed E-state index contributed by atoms with van der Waals surface area (Å²) in [6, 6.07) is 12.9. The van der Waals surface area contributed by atoms with E-state index in [9.17, 15) is 18.8 Å². The second kappa shape index (κ2) is 12.0. The van der Waals surface area contributed by atoms with Crippen LogP contribution in [0.25, 0.3) is 27.8 Å². The van der Waals surface area contributed by atoms with Gasteiger partial charge in [0.2, 0.25) is 5.91 Å². The molecule has 43 heavy (non-hydrogen) atoms. The van der Waals surface area contributed by atoms with Gasteiger partial charge in [0.1, 0.15) is 5.82 Å².